The minimum Gasteiger partial charge on any atom is -0.396 e. The van der Waals surface area contributed by atoms with Gasteiger partial charge in [0.1, 0.15) is 0 Å². The Bertz CT molecular complexity index is 1190. The highest BCUT2D eigenvalue weighted by Gasteiger charge is 2.20. The van der Waals surface area contributed by atoms with Crippen LogP contribution in [0.3, 0.4) is 0 Å². The van der Waals surface area contributed by atoms with Gasteiger partial charge in [0, 0.05) is 57.1 Å². The van der Waals surface area contributed by atoms with Gasteiger partial charge in [-0.3, -0.25) is 9.69 Å². The van der Waals surface area contributed by atoms with Gasteiger partial charge in [0.2, 0.25) is 5.91 Å². The second-order valence-corrected chi connectivity index (χ2v) is 9.97. The summed E-state index contributed by atoms with van der Waals surface area (Å²) in [5.41, 5.74) is 7.79. The minimum atomic E-state index is -0.0822. The van der Waals surface area contributed by atoms with Crippen LogP contribution in [-0.4, -0.2) is 54.7 Å². The maximum absolute atomic E-state index is 11.5. The Hall–Kier alpha value is -2.83. The summed E-state index contributed by atoms with van der Waals surface area (Å²) in [6.07, 6.45) is 1.46. The summed E-state index contributed by atoms with van der Waals surface area (Å²) in [6, 6.07) is 28.0. The van der Waals surface area contributed by atoms with Crippen LogP contribution in [0.15, 0.2) is 78.9 Å². The number of nitrogens with one attached hydrogen (secondary N) is 1. The van der Waals surface area contributed by atoms with Crippen molar-refractivity contribution in [2.24, 2.45) is 0 Å². The number of allylic oxidation sites excluding steroid dienone is 1. The molecular formula is C32H41Cl2N3O2. The first-order valence-electron chi connectivity index (χ1n) is 13.3. The van der Waals surface area contributed by atoms with Crippen molar-refractivity contribution < 1.29 is 9.90 Å². The number of anilines is 2. The Morgan fingerprint density at radius 3 is 1.90 bits per heavy atom. The molecule has 210 valence electrons. The molecule has 0 saturated carbocycles. The highest BCUT2D eigenvalue weighted by molar-refractivity contribution is 5.99. The van der Waals surface area contributed by atoms with Crippen molar-refractivity contribution in [2.75, 3.05) is 43.0 Å². The van der Waals surface area contributed by atoms with E-state index in [2.05, 4.69) is 89.6 Å². The smallest absolute Gasteiger partial charge is 0.221 e. The Morgan fingerprint density at radius 2 is 1.38 bits per heavy atom. The highest BCUT2D eigenvalue weighted by Crippen LogP contribution is 2.36. The van der Waals surface area contributed by atoms with Crippen LogP contribution in [0.5, 0.6) is 0 Å². The molecule has 0 radical (unpaired) electrons. The predicted molar refractivity (Wildman–Crippen MR) is 169 cm³/mol. The predicted octanol–water partition coefficient (Wildman–Crippen LogP) is 6.75. The molecule has 0 aromatic heterocycles. The first-order valence-corrected chi connectivity index (χ1v) is 13.3. The standard InChI is InChI=1S/C32H39N3O2.2ClH/c1-24(2)34-19-21-35(22-20-34)30-17-13-28(14-18-30)32(27-11-15-29(16-12-27)33-25(3)37)31(10-7-23-36)26-8-5-4-6-9-26;;/h4-6,8-9,11-18,24,36H,7,10,19-23H2,1-3H3,(H,33,37);2*1H/b32-31-;;. The Labute approximate surface area is 245 Å². The molecule has 2 N–H and O–H groups in total. The summed E-state index contributed by atoms with van der Waals surface area (Å²) in [7, 11) is 0. The topological polar surface area (TPSA) is 55.8 Å². The number of amides is 1. The van der Waals surface area contributed by atoms with Gasteiger partial charge in [0.05, 0.1) is 0 Å². The van der Waals surface area contributed by atoms with Crippen LogP contribution in [0.1, 0.15) is 50.3 Å². The normalized spacial score (nSPS) is 14.2. The molecule has 0 atom stereocenters. The lowest BCUT2D eigenvalue weighted by Gasteiger charge is -2.38. The van der Waals surface area contributed by atoms with Gasteiger partial charge in [-0.2, -0.15) is 0 Å². The number of carbonyl (C=O) groups is 1. The molecule has 1 saturated heterocycles. The van der Waals surface area contributed by atoms with E-state index < -0.39 is 0 Å². The largest absolute Gasteiger partial charge is 0.396 e. The fourth-order valence-corrected chi connectivity index (χ4v) is 5.08. The number of rotatable bonds is 9. The monoisotopic (exact) mass is 569 g/mol. The third-order valence-electron chi connectivity index (χ3n) is 7.07. The Balaban J connectivity index is 0.00000267. The number of piperazine rings is 1. The number of halogens is 2. The lowest BCUT2D eigenvalue weighted by atomic mass is 9.87. The minimum absolute atomic E-state index is 0. The van der Waals surface area contributed by atoms with E-state index in [1.807, 2.05) is 18.2 Å². The number of hydrogen-bond donors (Lipinski definition) is 2. The van der Waals surface area contributed by atoms with E-state index in [1.165, 1.54) is 18.2 Å². The maximum atomic E-state index is 11.5. The first kappa shape index (κ1) is 32.4. The fraction of sp³-hybridized carbons (Fsp3) is 0.344. The van der Waals surface area contributed by atoms with Crippen molar-refractivity contribution in [3.05, 3.63) is 95.6 Å². The molecule has 5 nitrogen and oxygen atoms in total. The van der Waals surface area contributed by atoms with E-state index in [0.29, 0.717) is 12.5 Å². The molecule has 3 aromatic carbocycles. The third kappa shape index (κ3) is 8.58. The van der Waals surface area contributed by atoms with Gasteiger partial charge >= 0.3 is 0 Å². The van der Waals surface area contributed by atoms with Gasteiger partial charge in [-0.1, -0.05) is 54.6 Å². The van der Waals surface area contributed by atoms with Crippen LogP contribution in [0.2, 0.25) is 0 Å². The first-order chi connectivity index (χ1) is 18.0. The van der Waals surface area contributed by atoms with Crippen LogP contribution in [0.25, 0.3) is 11.1 Å². The zero-order valence-corrected chi connectivity index (χ0v) is 24.7. The Kier molecular flexibility index (Phi) is 13.0. The van der Waals surface area contributed by atoms with E-state index in [-0.39, 0.29) is 37.3 Å². The summed E-state index contributed by atoms with van der Waals surface area (Å²) < 4.78 is 0. The molecule has 1 heterocycles. The highest BCUT2D eigenvalue weighted by atomic mass is 35.5. The van der Waals surface area contributed by atoms with Crippen LogP contribution >= 0.6 is 24.8 Å². The summed E-state index contributed by atoms with van der Waals surface area (Å²) in [6.45, 7) is 10.4. The van der Waals surface area contributed by atoms with E-state index in [9.17, 15) is 9.90 Å². The van der Waals surface area contributed by atoms with Gasteiger partial charge in [-0.25, -0.2) is 0 Å². The van der Waals surface area contributed by atoms with Crippen LogP contribution < -0.4 is 10.2 Å². The van der Waals surface area contributed by atoms with E-state index in [0.717, 1.165) is 60.6 Å². The average Bonchev–Trinajstić information content (AvgIpc) is 2.92. The number of carbonyl (C=O) groups excluding carboxylic acids is 1. The summed E-state index contributed by atoms with van der Waals surface area (Å²) >= 11 is 0. The summed E-state index contributed by atoms with van der Waals surface area (Å²) in [5.74, 6) is -0.0822. The van der Waals surface area contributed by atoms with Crippen molar-refractivity contribution in [2.45, 2.75) is 39.7 Å². The second-order valence-electron chi connectivity index (χ2n) is 9.97. The Morgan fingerprint density at radius 1 is 0.821 bits per heavy atom. The van der Waals surface area contributed by atoms with Crippen LogP contribution in [-0.2, 0) is 4.79 Å². The van der Waals surface area contributed by atoms with Crippen molar-refractivity contribution in [1.82, 2.24) is 4.90 Å². The number of aliphatic hydroxyl groups excluding tert-OH is 1. The van der Waals surface area contributed by atoms with E-state index >= 15 is 0 Å². The van der Waals surface area contributed by atoms with Gasteiger partial charge in [0.25, 0.3) is 0 Å². The summed E-state index contributed by atoms with van der Waals surface area (Å²) in [5, 5.41) is 12.5. The van der Waals surface area contributed by atoms with Crippen LogP contribution in [0, 0.1) is 0 Å². The molecule has 39 heavy (non-hydrogen) atoms. The third-order valence-corrected chi connectivity index (χ3v) is 7.07. The molecular weight excluding hydrogens is 529 g/mol. The summed E-state index contributed by atoms with van der Waals surface area (Å²) in [4.78, 5) is 16.5. The number of benzene rings is 3. The van der Waals surface area contributed by atoms with Crippen LogP contribution in [0.4, 0.5) is 11.4 Å². The molecule has 4 rings (SSSR count). The number of nitrogens with zero attached hydrogens (tertiary/aromatic N) is 2. The van der Waals surface area contributed by atoms with Gasteiger partial charge in [-0.15, -0.1) is 24.8 Å². The molecule has 0 bridgehead atoms. The average molecular weight is 571 g/mol. The van der Waals surface area contributed by atoms with Crippen molar-refractivity contribution >= 4 is 53.2 Å². The van der Waals surface area contributed by atoms with Gasteiger partial charge in [-0.05, 0) is 78.8 Å². The lowest BCUT2D eigenvalue weighted by molar-refractivity contribution is -0.114. The quantitative estimate of drug-likeness (QED) is 0.280. The molecule has 7 heteroatoms. The van der Waals surface area contributed by atoms with Crippen molar-refractivity contribution in [1.29, 1.82) is 0 Å². The van der Waals surface area contributed by atoms with Crippen molar-refractivity contribution in [3.8, 4) is 0 Å². The molecule has 1 aliphatic heterocycles. The van der Waals surface area contributed by atoms with E-state index in [1.54, 1.807) is 0 Å². The molecule has 1 aliphatic rings. The number of aliphatic hydroxyl groups is 1. The molecule has 0 unspecified atom stereocenters. The zero-order valence-electron chi connectivity index (χ0n) is 23.1. The maximum Gasteiger partial charge on any atom is 0.221 e. The number of hydrogen-bond acceptors (Lipinski definition) is 4. The van der Waals surface area contributed by atoms with Gasteiger partial charge in [0.15, 0.2) is 0 Å². The zero-order chi connectivity index (χ0) is 26.2. The second kappa shape index (κ2) is 15.7. The molecule has 1 fully saturated rings. The van der Waals surface area contributed by atoms with E-state index in [4.69, 9.17) is 0 Å². The van der Waals surface area contributed by atoms with Gasteiger partial charge < -0.3 is 15.3 Å². The lowest BCUT2D eigenvalue weighted by Crippen LogP contribution is -2.48. The SMILES string of the molecule is CC(=O)Nc1ccc(/C(=C(\CCCO)c2ccccc2)c2ccc(N3CCN(C(C)C)CC3)cc2)cc1.Cl.Cl. The molecule has 0 aliphatic carbocycles. The fourth-order valence-electron chi connectivity index (χ4n) is 5.08. The molecule has 1 amide bonds. The van der Waals surface area contributed by atoms with Crippen molar-refractivity contribution in [3.63, 3.8) is 0 Å². The molecule has 0 spiro atoms. The molecule has 3 aromatic rings.